The number of nitrogens with one attached hydrogen (secondary N) is 1. The molecule has 0 radical (unpaired) electrons. The van der Waals surface area contributed by atoms with Crippen molar-refractivity contribution in [2.75, 3.05) is 5.32 Å². The van der Waals surface area contributed by atoms with Crippen LogP contribution in [-0.2, 0) is 4.79 Å². The molecule has 0 atom stereocenters. The molecule has 0 aliphatic rings. The molecular formula is C12H10N2O. The average Bonchev–Trinajstić information content (AvgIpc) is 2.31. The van der Waals surface area contributed by atoms with E-state index < -0.39 is 0 Å². The first-order valence-corrected chi connectivity index (χ1v) is 4.62. The number of benzene rings is 1. The van der Waals surface area contributed by atoms with Gasteiger partial charge in [-0.1, -0.05) is 30.3 Å². The predicted octanol–water partition coefficient (Wildman–Crippen LogP) is 2.32. The quantitative estimate of drug-likeness (QED) is 0.769. The zero-order chi connectivity index (χ0) is 10.5. The molecule has 74 valence electrons. The molecule has 0 saturated heterocycles. The SMILES string of the molecule is O=CNc1cc(-c2ccccc2)ccn1. The van der Waals surface area contributed by atoms with Gasteiger partial charge in [0.15, 0.2) is 0 Å². The van der Waals surface area contributed by atoms with Crippen molar-refractivity contribution in [3.8, 4) is 11.1 Å². The largest absolute Gasteiger partial charge is 0.313 e. The fourth-order valence-corrected chi connectivity index (χ4v) is 1.38. The lowest BCUT2D eigenvalue weighted by molar-refractivity contribution is -0.105. The van der Waals surface area contributed by atoms with Crippen LogP contribution in [0.15, 0.2) is 48.7 Å². The van der Waals surface area contributed by atoms with Gasteiger partial charge in [-0.15, -0.1) is 0 Å². The van der Waals surface area contributed by atoms with Crippen LogP contribution in [0, 0.1) is 0 Å². The van der Waals surface area contributed by atoms with Crippen LogP contribution in [0.3, 0.4) is 0 Å². The van der Waals surface area contributed by atoms with Crippen LogP contribution in [0.5, 0.6) is 0 Å². The highest BCUT2D eigenvalue weighted by atomic mass is 16.1. The summed E-state index contributed by atoms with van der Waals surface area (Å²) in [6.45, 7) is 0. The molecule has 1 amide bonds. The van der Waals surface area contributed by atoms with Gasteiger partial charge in [-0.05, 0) is 23.3 Å². The van der Waals surface area contributed by atoms with E-state index >= 15 is 0 Å². The third-order valence-corrected chi connectivity index (χ3v) is 2.07. The van der Waals surface area contributed by atoms with E-state index in [1.165, 1.54) is 0 Å². The lowest BCUT2D eigenvalue weighted by Gasteiger charge is -2.02. The summed E-state index contributed by atoms with van der Waals surface area (Å²) < 4.78 is 0. The maximum Gasteiger partial charge on any atom is 0.212 e. The van der Waals surface area contributed by atoms with E-state index in [9.17, 15) is 4.79 Å². The van der Waals surface area contributed by atoms with Crippen molar-refractivity contribution in [3.05, 3.63) is 48.7 Å². The lowest BCUT2D eigenvalue weighted by Crippen LogP contribution is -1.96. The van der Waals surface area contributed by atoms with Gasteiger partial charge in [-0.25, -0.2) is 4.98 Å². The van der Waals surface area contributed by atoms with E-state index in [1.54, 1.807) is 6.20 Å². The standard InChI is InChI=1S/C12H10N2O/c15-9-14-12-8-11(6-7-13-12)10-4-2-1-3-5-10/h1-9H,(H,13,14,15). The van der Waals surface area contributed by atoms with Crippen molar-refractivity contribution in [2.24, 2.45) is 0 Å². The van der Waals surface area contributed by atoms with E-state index in [1.807, 2.05) is 42.5 Å². The van der Waals surface area contributed by atoms with Gasteiger partial charge < -0.3 is 5.32 Å². The molecule has 3 heteroatoms. The Hall–Kier alpha value is -2.16. The van der Waals surface area contributed by atoms with Gasteiger partial charge in [0.2, 0.25) is 6.41 Å². The third kappa shape index (κ3) is 2.20. The van der Waals surface area contributed by atoms with Gasteiger partial charge in [0.1, 0.15) is 5.82 Å². The summed E-state index contributed by atoms with van der Waals surface area (Å²) in [6.07, 6.45) is 2.30. The van der Waals surface area contributed by atoms with Gasteiger partial charge >= 0.3 is 0 Å². The molecule has 3 nitrogen and oxygen atoms in total. The molecule has 0 aliphatic carbocycles. The van der Waals surface area contributed by atoms with Gasteiger partial charge in [0, 0.05) is 6.20 Å². The molecule has 0 spiro atoms. The Labute approximate surface area is 87.8 Å². The molecule has 1 aromatic heterocycles. The molecule has 1 aromatic carbocycles. The minimum Gasteiger partial charge on any atom is -0.313 e. The van der Waals surface area contributed by atoms with Crippen LogP contribution >= 0.6 is 0 Å². The maximum atomic E-state index is 10.3. The van der Waals surface area contributed by atoms with Crippen molar-refractivity contribution in [3.63, 3.8) is 0 Å². The molecule has 2 rings (SSSR count). The zero-order valence-corrected chi connectivity index (χ0v) is 8.05. The highest BCUT2D eigenvalue weighted by Gasteiger charge is 1.98. The van der Waals surface area contributed by atoms with E-state index in [0.29, 0.717) is 12.2 Å². The Balaban J connectivity index is 2.37. The van der Waals surface area contributed by atoms with Crippen LogP contribution in [-0.4, -0.2) is 11.4 Å². The Morgan fingerprint density at radius 3 is 2.60 bits per heavy atom. The second-order valence-corrected chi connectivity index (χ2v) is 3.06. The normalized spacial score (nSPS) is 9.60. The summed E-state index contributed by atoms with van der Waals surface area (Å²) in [5, 5.41) is 2.53. The highest BCUT2D eigenvalue weighted by molar-refractivity contribution is 5.73. The number of anilines is 1. The number of nitrogens with zero attached hydrogens (tertiary/aromatic N) is 1. The molecule has 0 saturated carbocycles. The van der Waals surface area contributed by atoms with E-state index in [0.717, 1.165) is 11.1 Å². The molecule has 0 bridgehead atoms. The minimum absolute atomic E-state index is 0.561. The maximum absolute atomic E-state index is 10.3. The summed E-state index contributed by atoms with van der Waals surface area (Å²) in [6, 6.07) is 13.7. The Bertz CT molecular complexity index is 454. The van der Waals surface area contributed by atoms with E-state index in [4.69, 9.17) is 0 Å². The molecule has 0 fully saturated rings. The summed E-state index contributed by atoms with van der Waals surface area (Å²) >= 11 is 0. The first-order valence-electron chi connectivity index (χ1n) is 4.62. The molecule has 1 heterocycles. The summed E-state index contributed by atoms with van der Waals surface area (Å²) in [5.74, 6) is 0.561. The van der Waals surface area contributed by atoms with Gasteiger partial charge in [0.05, 0.1) is 0 Å². The average molecular weight is 198 g/mol. The highest BCUT2D eigenvalue weighted by Crippen LogP contribution is 2.20. The Morgan fingerprint density at radius 1 is 1.07 bits per heavy atom. The number of rotatable bonds is 3. The smallest absolute Gasteiger partial charge is 0.212 e. The Morgan fingerprint density at radius 2 is 1.87 bits per heavy atom. The second-order valence-electron chi connectivity index (χ2n) is 3.06. The topological polar surface area (TPSA) is 42.0 Å². The molecule has 0 unspecified atom stereocenters. The molecule has 2 aromatic rings. The van der Waals surface area contributed by atoms with E-state index in [2.05, 4.69) is 10.3 Å². The summed E-state index contributed by atoms with van der Waals surface area (Å²) in [4.78, 5) is 14.3. The van der Waals surface area contributed by atoms with Crippen LogP contribution in [0.1, 0.15) is 0 Å². The number of hydrogen-bond donors (Lipinski definition) is 1. The zero-order valence-electron chi connectivity index (χ0n) is 8.05. The fraction of sp³-hybridized carbons (Fsp3) is 0. The number of carbonyl (C=O) groups excluding carboxylic acids is 1. The molecular weight excluding hydrogens is 188 g/mol. The van der Waals surface area contributed by atoms with Gasteiger partial charge in [-0.3, -0.25) is 4.79 Å². The Kier molecular flexibility index (Phi) is 2.74. The third-order valence-electron chi connectivity index (χ3n) is 2.07. The van der Waals surface area contributed by atoms with Gasteiger partial charge in [-0.2, -0.15) is 0 Å². The number of pyridine rings is 1. The number of hydrogen-bond acceptors (Lipinski definition) is 2. The van der Waals surface area contributed by atoms with Crippen molar-refractivity contribution < 1.29 is 4.79 Å². The number of carbonyl (C=O) groups is 1. The first-order chi connectivity index (χ1) is 7.40. The molecule has 1 N–H and O–H groups in total. The van der Waals surface area contributed by atoms with Crippen molar-refractivity contribution >= 4 is 12.2 Å². The number of aromatic nitrogens is 1. The van der Waals surface area contributed by atoms with Crippen LogP contribution in [0.2, 0.25) is 0 Å². The van der Waals surface area contributed by atoms with Crippen LogP contribution < -0.4 is 5.32 Å². The van der Waals surface area contributed by atoms with Crippen molar-refractivity contribution in [1.82, 2.24) is 4.98 Å². The summed E-state index contributed by atoms with van der Waals surface area (Å²) in [5.41, 5.74) is 2.14. The summed E-state index contributed by atoms with van der Waals surface area (Å²) in [7, 11) is 0. The lowest BCUT2D eigenvalue weighted by atomic mass is 10.1. The van der Waals surface area contributed by atoms with Crippen molar-refractivity contribution in [1.29, 1.82) is 0 Å². The minimum atomic E-state index is 0.561. The van der Waals surface area contributed by atoms with E-state index in [-0.39, 0.29) is 0 Å². The first kappa shape index (κ1) is 9.40. The van der Waals surface area contributed by atoms with Crippen LogP contribution in [0.25, 0.3) is 11.1 Å². The van der Waals surface area contributed by atoms with Gasteiger partial charge in [0.25, 0.3) is 0 Å². The monoisotopic (exact) mass is 198 g/mol. The second kappa shape index (κ2) is 4.37. The predicted molar refractivity (Wildman–Crippen MR) is 59.4 cm³/mol. The van der Waals surface area contributed by atoms with Crippen molar-refractivity contribution in [2.45, 2.75) is 0 Å². The fourth-order valence-electron chi connectivity index (χ4n) is 1.38. The molecule has 15 heavy (non-hydrogen) atoms. The number of amides is 1. The van der Waals surface area contributed by atoms with Crippen LogP contribution in [0.4, 0.5) is 5.82 Å². The molecule has 0 aliphatic heterocycles.